The predicted molar refractivity (Wildman–Crippen MR) is 59.6 cm³/mol. The molecule has 2 nitrogen and oxygen atoms in total. The van der Waals surface area contributed by atoms with Gasteiger partial charge in [-0.05, 0) is 30.5 Å². The van der Waals surface area contributed by atoms with Crippen molar-refractivity contribution in [3.8, 4) is 5.75 Å². The quantitative estimate of drug-likeness (QED) is 0.794. The molecule has 0 fully saturated rings. The van der Waals surface area contributed by atoms with Crippen molar-refractivity contribution in [3.05, 3.63) is 28.3 Å². The Balaban J connectivity index is 3.20. The van der Waals surface area contributed by atoms with E-state index in [4.69, 9.17) is 17.3 Å². The van der Waals surface area contributed by atoms with Crippen molar-refractivity contribution in [3.63, 3.8) is 0 Å². The molecule has 3 N–H and O–H groups in total. The average Bonchev–Trinajstić information content (AvgIpc) is 2.09. The van der Waals surface area contributed by atoms with Gasteiger partial charge in [-0.15, -0.1) is 0 Å². The van der Waals surface area contributed by atoms with Crippen LogP contribution in [0, 0.1) is 12.8 Å². The number of halogens is 1. The van der Waals surface area contributed by atoms with Crippen LogP contribution in [0.1, 0.15) is 31.0 Å². The second kappa shape index (κ2) is 4.20. The Morgan fingerprint density at radius 2 is 1.93 bits per heavy atom. The van der Waals surface area contributed by atoms with Gasteiger partial charge in [0, 0.05) is 16.6 Å². The Hall–Kier alpha value is -0.730. The number of phenolic OH excluding ortho intramolecular Hbond substituents is 1. The van der Waals surface area contributed by atoms with E-state index in [1.165, 1.54) is 0 Å². The number of nitrogens with two attached hydrogens (primary N) is 1. The lowest BCUT2D eigenvalue weighted by Crippen LogP contribution is -2.17. The maximum atomic E-state index is 9.80. The first-order valence-corrected chi connectivity index (χ1v) is 5.06. The summed E-state index contributed by atoms with van der Waals surface area (Å²) >= 11 is 5.90. The van der Waals surface area contributed by atoms with Crippen molar-refractivity contribution >= 4 is 11.6 Å². The van der Waals surface area contributed by atoms with E-state index in [9.17, 15) is 5.11 Å². The lowest BCUT2D eigenvalue weighted by Gasteiger charge is -2.18. The van der Waals surface area contributed by atoms with Crippen LogP contribution in [-0.4, -0.2) is 5.11 Å². The van der Waals surface area contributed by atoms with Gasteiger partial charge in [0.15, 0.2) is 0 Å². The molecule has 0 aliphatic carbocycles. The Labute approximate surface area is 89.7 Å². The molecule has 1 rings (SSSR count). The second-order valence-corrected chi connectivity index (χ2v) is 4.37. The SMILES string of the molecule is Cc1cc(Cl)cc(C(N)C(C)C)c1O. The lowest BCUT2D eigenvalue weighted by molar-refractivity contribution is 0.437. The van der Waals surface area contributed by atoms with E-state index in [-0.39, 0.29) is 17.7 Å². The molecule has 0 radical (unpaired) electrons. The summed E-state index contributed by atoms with van der Waals surface area (Å²) in [5.74, 6) is 0.536. The van der Waals surface area contributed by atoms with Gasteiger partial charge in [0.05, 0.1) is 0 Å². The molecule has 0 heterocycles. The number of aromatic hydroxyl groups is 1. The molecule has 0 saturated carbocycles. The lowest BCUT2D eigenvalue weighted by atomic mass is 9.95. The van der Waals surface area contributed by atoms with Gasteiger partial charge in [0.1, 0.15) is 5.75 Å². The summed E-state index contributed by atoms with van der Waals surface area (Å²) in [5, 5.41) is 10.4. The van der Waals surface area contributed by atoms with Gasteiger partial charge in [0.25, 0.3) is 0 Å². The van der Waals surface area contributed by atoms with Crippen LogP contribution in [-0.2, 0) is 0 Å². The summed E-state index contributed by atoms with van der Waals surface area (Å²) in [7, 11) is 0. The van der Waals surface area contributed by atoms with E-state index in [1.54, 1.807) is 12.1 Å². The fraction of sp³-hybridized carbons (Fsp3) is 0.455. The highest BCUT2D eigenvalue weighted by atomic mass is 35.5. The summed E-state index contributed by atoms with van der Waals surface area (Å²) in [5.41, 5.74) is 7.45. The first-order valence-electron chi connectivity index (χ1n) is 4.68. The zero-order valence-electron chi connectivity index (χ0n) is 8.71. The van der Waals surface area contributed by atoms with E-state index in [1.807, 2.05) is 20.8 Å². The van der Waals surface area contributed by atoms with E-state index in [0.29, 0.717) is 5.02 Å². The van der Waals surface area contributed by atoms with Gasteiger partial charge < -0.3 is 10.8 Å². The van der Waals surface area contributed by atoms with E-state index >= 15 is 0 Å². The highest BCUT2D eigenvalue weighted by molar-refractivity contribution is 6.30. The fourth-order valence-corrected chi connectivity index (χ4v) is 1.66. The summed E-state index contributed by atoms with van der Waals surface area (Å²) in [6, 6.07) is 3.29. The largest absolute Gasteiger partial charge is 0.507 e. The van der Waals surface area contributed by atoms with E-state index in [0.717, 1.165) is 11.1 Å². The zero-order chi connectivity index (χ0) is 10.9. The van der Waals surface area contributed by atoms with Crippen LogP contribution in [0.2, 0.25) is 5.02 Å². The summed E-state index contributed by atoms with van der Waals surface area (Å²) < 4.78 is 0. The molecule has 1 atom stereocenters. The predicted octanol–water partition coefficient (Wildman–Crippen LogP) is 3.01. The normalized spacial score (nSPS) is 13.3. The van der Waals surface area contributed by atoms with Crippen molar-refractivity contribution in [1.82, 2.24) is 0 Å². The number of rotatable bonds is 2. The fourth-order valence-electron chi connectivity index (χ4n) is 1.37. The number of benzene rings is 1. The minimum Gasteiger partial charge on any atom is -0.507 e. The third kappa shape index (κ3) is 2.20. The summed E-state index contributed by atoms with van der Waals surface area (Å²) in [6.45, 7) is 5.85. The summed E-state index contributed by atoms with van der Waals surface area (Å²) in [4.78, 5) is 0. The number of hydrogen-bond donors (Lipinski definition) is 2. The molecule has 1 unspecified atom stereocenters. The molecule has 14 heavy (non-hydrogen) atoms. The molecule has 0 amide bonds. The maximum Gasteiger partial charge on any atom is 0.123 e. The highest BCUT2D eigenvalue weighted by Gasteiger charge is 2.16. The van der Waals surface area contributed by atoms with Crippen molar-refractivity contribution in [2.75, 3.05) is 0 Å². The van der Waals surface area contributed by atoms with Gasteiger partial charge in [-0.1, -0.05) is 25.4 Å². The van der Waals surface area contributed by atoms with Crippen molar-refractivity contribution < 1.29 is 5.11 Å². The molecule has 0 saturated heterocycles. The number of aryl methyl sites for hydroxylation is 1. The molecule has 3 heteroatoms. The Bertz CT molecular complexity index is 336. The van der Waals surface area contributed by atoms with Gasteiger partial charge in [-0.3, -0.25) is 0 Å². The smallest absolute Gasteiger partial charge is 0.123 e. The zero-order valence-corrected chi connectivity index (χ0v) is 9.47. The minimum absolute atomic E-state index is 0.174. The van der Waals surface area contributed by atoms with Crippen LogP contribution in [0.4, 0.5) is 0 Å². The van der Waals surface area contributed by atoms with Crippen LogP contribution in [0.15, 0.2) is 12.1 Å². The molecule has 78 valence electrons. The number of hydrogen-bond acceptors (Lipinski definition) is 2. The standard InChI is InChI=1S/C11H16ClNO/c1-6(2)10(13)9-5-8(12)4-7(3)11(9)14/h4-6,10,14H,13H2,1-3H3. The van der Waals surface area contributed by atoms with Crippen molar-refractivity contribution in [1.29, 1.82) is 0 Å². The van der Waals surface area contributed by atoms with Gasteiger partial charge in [-0.2, -0.15) is 0 Å². The van der Waals surface area contributed by atoms with Crippen LogP contribution < -0.4 is 5.73 Å². The average molecular weight is 214 g/mol. The second-order valence-electron chi connectivity index (χ2n) is 3.93. The number of phenols is 1. The summed E-state index contributed by atoms with van der Waals surface area (Å²) in [6.07, 6.45) is 0. The molecule has 0 bridgehead atoms. The molecule has 1 aromatic carbocycles. The Kier molecular flexibility index (Phi) is 3.40. The molecule has 0 aliphatic heterocycles. The topological polar surface area (TPSA) is 46.2 Å². The van der Waals surface area contributed by atoms with E-state index in [2.05, 4.69) is 0 Å². The molecular weight excluding hydrogens is 198 g/mol. The first kappa shape index (κ1) is 11.3. The molecule has 1 aromatic rings. The monoisotopic (exact) mass is 213 g/mol. The highest BCUT2D eigenvalue weighted by Crippen LogP contribution is 2.32. The van der Waals surface area contributed by atoms with Gasteiger partial charge >= 0.3 is 0 Å². The minimum atomic E-state index is -0.174. The Morgan fingerprint density at radius 1 is 1.36 bits per heavy atom. The molecule has 0 spiro atoms. The molecular formula is C11H16ClNO. The van der Waals surface area contributed by atoms with Crippen LogP contribution in [0.3, 0.4) is 0 Å². The van der Waals surface area contributed by atoms with Crippen LogP contribution >= 0.6 is 11.6 Å². The Morgan fingerprint density at radius 3 is 2.43 bits per heavy atom. The van der Waals surface area contributed by atoms with Crippen molar-refractivity contribution in [2.24, 2.45) is 11.7 Å². The van der Waals surface area contributed by atoms with Crippen LogP contribution in [0.5, 0.6) is 5.75 Å². The maximum absolute atomic E-state index is 9.80. The molecule has 0 aromatic heterocycles. The van der Waals surface area contributed by atoms with E-state index < -0.39 is 0 Å². The third-order valence-corrected chi connectivity index (χ3v) is 2.59. The molecule has 0 aliphatic rings. The first-order chi connectivity index (χ1) is 6.43. The van der Waals surface area contributed by atoms with Gasteiger partial charge in [0.2, 0.25) is 0 Å². The van der Waals surface area contributed by atoms with Crippen LogP contribution in [0.25, 0.3) is 0 Å². The van der Waals surface area contributed by atoms with Gasteiger partial charge in [-0.25, -0.2) is 0 Å². The van der Waals surface area contributed by atoms with Crippen molar-refractivity contribution in [2.45, 2.75) is 26.8 Å². The third-order valence-electron chi connectivity index (χ3n) is 2.37.